The molecule has 1 aromatic carbocycles. The van der Waals surface area contributed by atoms with Gasteiger partial charge in [0, 0.05) is 27.2 Å². The highest BCUT2D eigenvalue weighted by molar-refractivity contribution is 5.73. The number of likely N-dealkylation sites (N-methyl/N-ethyl adjacent to an activating group) is 1. The Morgan fingerprint density at radius 3 is 2.61 bits per heavy atom. The van der Waals surface area contributed by atoms with Crippen LogP contribution in [-0.2, 0) is 11.3 Å². The molecule has 8 nitrogen and oxygen atoms in total. The van der Waals surface area contributed by atoms with Crippen molar-refractivity contribution in [3.63, 3.8) is 0 Å². The summed E-state index contributed by atoms with van der Waals surface area (Å²) in [5.41, 5.74) is 1.91. The zero-order valence-corrected chi connectivity index (χ0v) is 13.1. The SMILES string of the molecule is COCCN(C)c1nc2nonc2nc1NCc1ccccc1. The smallest absolute Gasteiger partial charge is 0.245 e. The van der Waals surface area contributed by atoms with Crippen LogP contribution in [0.2, 0.25) is 0 Å². The molecule has 0 atom stereocenters. The Balaban J connectivity index is 1.86. The summed E-state index contributed by atoms with van der Waals surface area (Å²) in [7, 11) is 3.59. The molecule has 8 heteroatoms. The topological polar surface area (TPSA) is 89.2 Å². The van der Waals surface area contributed by atoms with Gasteiger partial charge in [-0.25, -0.2) is 14.6 Å². The monoisotopic (exact) mass is 314 g/mol. The molecule has 1 N–H and O–H groups in total. The summed E-state index contributed by atoms with van der Waals surface area (Å²) in [6, 6.07) is 10.1. The highest BCUT2D eigenvalue weighted by atomic mass is 16.6. The lowest BCUT2D eigenvalue weighted by Crippen LogP contribution is -2.24. The Kier molecular flexibility index (Phi) is 4.62. The molecule has 0 bridgehead atoms. The van der Waals surface area contributed by atoms with E-state index in [1.165, 1.54) is 0 Å². The molecule has 0 fully saturated rings. The normalized spacial score (nSPS) is 10.9. The molecular weight excluding hydrogens is 296 g/mol. The van der Waals surface area contributed by atoms with E-state index in [-0.39, 0.29) is 0 Å². The van der Waals surface area contributed by atoms with Crippen molar-refractivity contribution in [1.82, 2.24) is 20.3 Å². The molecule has 120 valence electrons. The second-order valence-electron chi connectivity index (χ2n) is 5.06. The lowest BCUT2D eigenvalue weighted by molar-refractivity contribution is 0.206. The number of hydrogen-bond acceptors (Lipinski definition) is 8. The van der Waals surface area contributed by atoms with Gasteiger partial charge in [0.1, 0.15) is 0 Å². The number of hydrogen-bond donors (Lipinski definition) is 1. The number of benzene rings is 1. The molecular formula is C15H18N6O2. The largest absolute Gasteiger partial charge is 0.383 e. The predicted octanol–water partition coefficient (Wildman–Crippen LogP) is 1.71. The fourth-order valence-electron chi connectivity index (χ4n) is 2.13. The molecule has 0 radical (unpaired) electrons. The van der Waals surface area contributed by atoms with E-state index in [0.29, 0.717) is 42.6 Å². The van der Waals surface area contributed by atoms with E-state index < -0.39 is 0 Å². The molecule has 0 aliphatic heterocycles. The number of nitrogens with zero attached hydrogens (tertiary/aromatic N) is 5. The van der Waals surface area contributed by atoms with Gasteiger partial charge < -0.3 is 15.0 Å². The quantitative estimate of drug-likeness (QED) is 0.705. The molecule has 0 spiro atoms. The first kappa shape index (κ1) is 15.2. The summed E-state index contributed by atoms with van der Waals surface area (Å²) in [6.45, 7) is 1.91. The molecule has 0 saturated carbocycles. The Hall–Kier alpha value is -2.74. The molecule has 3 rings (SSSR count). The van der Waals surface area contributed by atoms with E-state index in [9.17, 15) is 0 Å². The third kappa shape index (κ3) is 3.54. The van der Waals surface area contributed by atoms with Crippen LogP contribution in [0, 0.1) is 0 Å². The number of fused-ring (bicyclic) bond motifs is 1. The molecule has 0 aliphatic rings. The second kappa shape index (κ2) is 7.01. The van der Waals surface area contributed by atoms with Crippen molar-refractivity contribution in [1.29, 1.82) is 0 Å². The van der Waals surface area contributed by atoms with E-state index in [1.807, 2.05) is 42.3 Å². The van der Waals surface area contributed by atoms with Crippen LogP contribution in [0.15, 0.2) is 35.0 Å². The van der Waals surface area contributed by atoms with Gasteiger partial charge in [0.05, 0.1) is 6.61 Å². The van der Waals surface area contributed by atoms with Crippen LogP contribution in [0.5, 0.6) is 0 Å². The summed E-state index contributed by atoms with van der Waals surface area (Å²) >= 11 is 0. The Labute approximate surface area is 133 Å². The fourth-order valence-corrected chi connectivity index (χ4v) is 2.13. The maximum atomic E-state index is 5.12. The summed E-state index contributed by atoms with van der Waals surface area (Å²) < 4.78 is 9.82. The zero-order chi connectivity index (χ0) is 16.1. The summed E-state index contributed by atoms with van der Waals surface area (Å²) in [5.74, 6) is 1.32. The number of rotatable bonds is 7. The van der Waals surface area contributed by atoms with Gasteiger partial charge in [0.2, 0.25) is 11.3 Å². The van der Waals surface area contributed by atoms with E-state index in [1.54, 1.807) is 7.11 Å². The summed E-state index contributed by atoms with van der Waals surface area (Å²) in [4.78, 5) is 10.9. The molecule has 0 amide bonds. The lowest BCUT2D eigenvalue weighted by Gasteiger charge is -2.20. The van der Waals surface area contributed by atoms with Gasteiger partial charge in [-0.2, -0.15) is 0 Å². The van der Waals surface area contributed by atoms with E-state index in [2.05, 4.69) is 25.6 Å². The average Bonchev–Trinajstić information content (AvgIpc) is 3.05. The third-order valence-electron chi connectivity index (χ3n) is 3.39. The first-order valence-corrected chi connectivity index (χ1v) is 7.26. The van der Waals surface area contributed by atoms with Crippen LogP contribution < -0.4 is 10.2 Å². The van der Waals surface area contributed by atoms with Gasteiger partial charge in [0.25, 0.3) is 0 Å². The Bertz CT molecular complexity index is 761. The highest BCUT2D eigenvalue weighted by Gasteiger charge is 2.15. The van der Waals surface area contributed by atoms with Crippen molar-refractivity contribution in [2.45, 2.75) is 6.54 Å². The average molecular weight is 314 g/mol. The van der Waals surface area contributed by atoms with Crippen molar-refractivity contribution in [2.24, 2.45) is 0 Å². The van der Waals surface area contributed by atoms with E-state index in [0.717, 1.165) is 5.56 Å². The number of methoxy groups -OCH3 is 1. The van der Waals surface area contributed by atoms with E-state index >= 15 is 0 Å². The molecule has 2 aromatic heterocycles. The molecule has 3 aromatic rings. The van der Waals surface area contributed by atoms with Crippen LogP contribution in [-0.4, -0.2) is 47.6 Å². The van der Waals surface area contributed by atoms with Gasteiger partial charge in [-0.3, -0.25) is 0 Å². The van der Waals surface area contributed by atoms with Crippen molar-refractivity contribution >= 4 is 22.9 Å². The summed E-state index contributed by atoms with van der Waals surface area (Å²) in [5, 5.41) is 10.8. The van der Waals surface area contributed by atoms with Gasteiger partial charge in [-0.1, -0.05) is 30.3 Å². The van der Waals surface area contributed by atoms with Crippen LogP contribution in [0.25, 0.3) is 11.3 Å². The molecule has 0 unspecified atom stereocenters. The minimum Gasteiger partial charge on any atom is -0.383 e. The number of anilines is 2. The second-order valence-corrected chi connectivity index (χ2v) is 5.06. The zero-order valence-electron chi connectivity index (χ0n) is 13.1. The molecule has 2 heterocycles. The number of nitrogens with one attached hydrogen (secondary N) is 1. The third-order valence-corrected chi connectivity index (χ3v) is 3.39. The van der Waals surface area contributed by atoms with E-state index in [4.69, 9.17) is 9.37 Å². The molecule has 0 saturated heterocycles. The van der Waals surface area contributed by atoms with Crippen molar-refractivity contribution in [2.75, 3.05) is 37.5 Å². The number of ether oxygens (including phenoxy) is 1. The Morgan fingerprint density at radius 2 is 1.87 bits per heavy atom. The summed E-state index contributed by atoms with van der Waals surface area (Å²) in [6.07, 6.45) is 0. The van der Waals surface area contributed by atoms with Crippen molar-refractivity contribution < 1.29 is 9.37 Å². The maximum Gasteiger partial charge on any atom is 0.245 e. The first-order valence-electron chi connectivity index (χ1n) is 7.26. The Morgan fingerprint density at radius 1 is 1.13 bits per heavy atom. The van der Waals surface area contributed by atoms with Gasteiger partial charge in [-0.05, 0) is 15.9 Å². The predicted molar refractivity (Wildman–Crippen MR) is 86.3 cm³/mol. The fraction of sp³-hybridized carbons (Fsp3) is 0.333. The standard InChI is InChI=1S/C15H18N6O2/c1-21(8-9-22-2)15-14(16-10-11-6-4-3-5-7-11)17-12-13(18-15)20-23-19-12/h3-7H,8-10H2,1-2H3,(H,16,17,19). The van der Waals surface area contributed by atoms with Crippen molar-refractivity contribution in [3.8, 4) is 0 Å². The highest BCUT2D eigenvalue weighted by Crippen LogP contribution is 2.23. The molecule has 0 aliphatic carbocycles. The minimum atomic E-state index is 0.379. The lowest BCUT2D eigenvalue weighted by atomic mass is 10.2. The van der Waals surface area contributed by atoms with Gasteiger partial charge in [-0.15, -0.1) is 0 Å². The maximum absolute atomic E-state index is 5.12. The van der Waals surface area contributed by atoms with Crippen LogP contribution >= 0.6 is 0 Å². The van der Waals surface area contributed by atoms with Crippen molar-refractivity contribution in [3.05, 3.63) is 35.9 Å². The number of aromatic nitrogens is 4. The van der Waals surface area contributed by atoms with Crippen LogP contribution in [0.3, 0.4) is 0 Å². The minimum absolute atomic E-state index is 0.379. The first-order chi connectivity index (χ1) is 11.3. The van der Waals surface area contributed by atoms with Crippen LogP contribution in [0.1, 0.15) is 5.56 Å². The van der Waals surface area contributed by atoms with Gasteiger partial charge >= 0.3 is 0 Å². The van der Waals surface area contributed by atoms with Crippen LogP contribution in [0.4, 0.5) is 11.6 Å². The van der Waals surface area contributed by atoms with Gasteiger partial charge in [0.15, 0.2) is 11.6 Å². The molecule has 23 heavy (non-hydrogen) atoms.